The molecule has 4 nitrogen and oxygen atoms in total. The van der Waals surface area contributed by atoms with Gasteiger partial charge in [-0.15, -0.1) is 0 Å². The van der Waals surface area contributed by atoms with Crippen molar-refractivity contribution in [2.24, 2.45) is 5.92 Å². The van der Waals surface area contributed by atoms with Crippen LogP contribution in [0.2, 0.25) is 0 Å². The predicted molar refractivity (Wildman–Crippen MR) is 62.5 cm³/mol. The monoisotopic (exact) mass is 216 g/mol. The van der Waals surface area contributed by atoms with Crippen molar-refractivity contribution < 1.29 is 9.59 Å². The third kappa shape index (κ3) is 12.9. The number of rotatable bonds is 3. The minimum atomic E-state index is 0.0972. The van der Waals surface area contributed by atoms with Gasteiger partial charge >= 0.3 is 0 Å². The first-order chi connectivity index (χ1) is 6.84. The van der Waals surface area contributed by atoms with Crippen LogP contribution in [0.15, 0.2) is 0 Å². The van der Waals surface area contributed by atoms with Crippen molar-refractivity contribution in [3.63, 3.8) is 0 Å². The minimum Gasteiger partial charge on any atom is -0.359 e. The topological polar surface area (TPSA) is 58.2 Å². The Morgan fingerprint density at radius 1 is 1.13 bits per heavy atom. The van der Waals surface area contributed by atoms with Gasteiger partial charge in [0.1, 0.15) is 0 Å². The summed E-state index contributed by atoms with van der Waals surface area (Å²) >= 11 is 0. The fourth-order valence-corrected chi connectivity index (χ4v) is 0.713. The molecule has 0 saturated carbocycles. The molecule has 0 saturated heterocycles. The highest BCUT2D eigenvalue weighted by atomic mass is 16.2. The summed E-state index contributed by atoms with van der Waals surface area (Å²) < 4.78 is 0. The molecular formula is C11H24N2O2. The zero-order chi connectivity index (χ0) is 12.4. The van der Waals surface area contributed by atoms with E-state index in [1.165, 1.54) is 0 Å². The van der Waals surface area contributed by atoms with Crippen LogP contribution in [0.3, 0.4) is 0 Å². The molecule has 0 aliphatic carbocycles. The highest BCUT2D eigenvalue weighted by molar-refractivity contribution is 5.77. The second kappa shape index (κ2) is 9.49. The smallest absolute Gasteiger partial charge is 0.222 e. The van der Waals surface area contributed by atoms with E-state index in [4.69, 9.17) is 0 Å². The Hall–Kier alpha value is -1.06. The van der Waals surface area contributed by atoms with Gasteiger partial charge in [0.05, 0.1) is 0 Å². The summed E-state index contributed by atoms with van der Waals surface area (Å²) in [6.45, 7) is 9.47. The van der Waals surface area contributed by atoms with Gasteiger partial charge in [0.15, 0.2) is 0 Å². The van der Waals surface area contributed by atoms with E-state index in [9.17, 15) is 9.59 Å². The molecule has 4 heteroatoms. The van der Waals surface area contributed by atoms with Crippen LogP contribution >= 0.6 is 0 Å². The summed E-state index contributed by atoms with van der Waals surface area (Å²) in [5.41, 5.74) is 0. The van der Waals surface area contributed by atoms with E-state index in [0.717, 1.165) is 0 Å². The van der Waals surface area contributed by atoms with Crippen LogP contribution in [-0.4, -0.2) is 24.9 Å². The van der Waals surface area contributed by atoms with Crippen LogP contribution in [0, 0.1) is 5.92 Å². The standard InChI is InChI=1S/C6H13NO.C5H11NO/c1-4-6(8)7-5(2)3;1-4(2)5(7)6-3/h5H,4H2,1-3H3,(H,7,8);4H,1-3H3,(H,6,7). The van der Waals surface area contributed by atoms with Crippen LogP contribution in [-0.2, 0) is 9.59 Å². The maximum atomic E-state index is 10.5. The Bertz CT molecular complexity index is 189. The second-order valence-electron chi connectivity index (χ2n) is 3.84. The molecule has 0 fully saturated rings. The van der Waals surface area contributed by atoms with Crippen molar-refractivity contribution in [3.8, 4) is 0 Å². The molecule has 0 aromatic carbocycles. The lowest BCUT2D eigenvalue weighted by Crippen LogP contribution is -2.29. The molecule has 2 amide bonds. The van der Waals surface area contributed by atoms with Gasteiger partial charge in [-0.2, -0.15) is 0 Å². The molecule has 0 aromatic rings. The summed E-state index contributed by atoms with van der Waals surface area (Å²) in [7, 11) is 1.64. The van der Waals surface area contributed by atoms with E-state index in [1.807, 2.05) is 34.6 Å². The molecule has 0 aliphatic heterocycles. The molecule has 0 aromatic heterocycles. The lowest BCUT2D eigenvalue weighted by Gasteiger charge is -2.04. The van der Waals surface area contributed by atoms with Crippen molar-refractivity contribution in [1.82, 2.24) is 10.6 Å². The molecule has 0 bridgehead atoms. The number of carbonyl (C=O) groups excluding carboxylic acids is 2. The lowest BCUT2D eigenvalue weighted by molar-refractivity contribution is -0.123. The molecular weight excluding hydrogens is 192 g/mol. The Kier molecular flexibility index (Phi) is 10.4. The average molecular weight is 216 g/mol. The largest absolute Gasteiger partial charge is 0.359 e. The van der Waals surface area contributed by atoms with Gasteiger partial charge in [-0.3, -0.25) is 9.59 Å². The Morgan fingerprint density at radius 2 is 1.60 bits per heavy atom. The Morgan fingerprint density at radius 3 is 1.67 bits per heavy atom. The molecule has 0 radical (unpaired) electrons. The van der Waals surface area contributed by atoms with Crippen molar-refractivity contribution in [1.29, 1.82) is 0 Å². The van der Waals surface area contributed by atoms with E-state index in [1.54, 1.807) is 7.05 Å². The number of nitrogens with one attached hydrogen (secondary N) is 2. The van der Waals surface area contributed by atoms with Crippen molar-refractivity contribution in [2.45, 2.75) is 47.1 Å². The van der Waals surface area contributed by atoms with Gasteiger partial charge in [0.25, 0.3) is 0 Å². The van der Waals surface area contributed by atoms with Crippen molar-refractivity contribution in [2.75, 3.05) is 7.05 Å². The molecule has 0 spiro atoms. The molecule has 0 atom stereocenters. The molecule has 0 aliphatic rings. The maximum absolute atomic E-state index is 10.5. The summed E-state index contributed by atoms with van der Waals surface area (Å²) in [6.07, 6.45) is 0.582. The number of amides is 2. The minimum absolute atomic E-state index is 0.0972. The fraction of sp³-hybridized carbons (Fsp3) is 0.818. The van der Waals surface area contributed by atoms with Crippen molar-refractivity contribution in [3.05, 3.63) is 0 Å². The molecule has 15 heavy (non-hydrogen) atoms. The van der Waals surface area contributed by atoms with E-state index in [2.05, 4.69) is 10.6 Å². The van der Waals surface area contributed by atoms with Gasteiger partial charge in [-0.05, 0) is 13.8 Å². The highest BCUT2D eigenvalue weighted by Crippen LogP contribution is 1.87. The van der Waals surface area contributed by atoms with Gasteiger partial charge in [0.2, 0.25) is 11.8 Å². The zero-order valence-corrected chi connectivity index (χ0v) is 10.7. The number of carbonyl (C=O) groups is 2. The highest BCUT2D eigenvalue weighted by Gasteiger charge is 2.00. The number of hydrogen-bond donors (Lipinski definition) is 2. The quantitative estimate of drug-likeness (QED) is 0.747. The van der Waals surface area contributed by atoms with E-state index >= 15 is 0 Å². The first-order valence-corrected chi connectivity index (χ1v) is 5.36. The number of hydrogen-bond acceptors (Lipinski definition) is 2. The predicted octanol–water partition coefficient (Wildman–Crippen LogP) is 1.31. The van der Waals surface area contributed by atoms with Gasteiger partial charge in [-0.1, -0.05) is 20.8 Å². The third-order valence-corrected chi connectivity index (χ3v) is 1.54. The van der Waals surface area contributed by atoms with Gasteiger partial charge in [0, 0.05) is 25.4 Å². The summed E-state index contributed by atoms with van der Waals surface area (Å²) in [6, 6.07) is 0.280. The Labute approximate surface area is 92.8 Å². The van der Waals surface area contributed by atoms with Crippen LogP contribution in [0.1, 0.15) is 41.0 Å². The third-order valence-electron chi connectivity index (χ3n) is 1.54. The molecule has 0 unspecified atom stereocenters. The van der Waals surface area contributed by atoms with Crippen LogP contribution in [0.25, 0.3) is 0 Å². The fourth-order valence-electron chi connectivity index (χ4n) is 0.713. The first kappa shape index (κ1) is 16.4. The molecule has 90 valence electrons. The zero-order valence-electron chi connectivity index (χ0n) is 10.7. The van der Waals surface area contributed by atoms with Crippen LogP contribution in [0.5, 0.6) is 0 Å². The van der Waals surface area contributed by atoms with E-state index in [0.29, 0.717) is 6.42 Å². The normalized spacial score (nSPS) is 9.33. The molecule has 0 heterocycles. The summed E-state index contributed by atoms with van der Waals surface area (Å²) in [4.78, 5) is 20.9. The maximum Gasteiger partial charge on any atom is 0.222 e. The molecule has 2 N–H and O–H groups in total. The van der Waals surface area contributed by atoms with Crippen LogP contribution in [0.4, 0.5) is 0 Å². The molecule has 0 rings (SSSR count). The van der Waals surface area contributed by atoms with Crippen molar-refractivity contribution >= 4 is 11.8 Å². The first-order valence-electron chi connectivity index (χ1n) is 5.36. The lowest BCUT2D eigenvalue weighted by atomic mass is 10.2. The SMILES string of the molecule is CCC(=O)NC(C)C.CNC(=O)C(C)C. The van der Waals surface area contributed by atoms with Crippen LogP contribution < -0.4 is 10.6 Å². The second-order valence-corrected chi connectivity index (χ2v) is 3.84. The summed E-state index contributed by atoms with van der Waals surface area (Å²) in [5, 5.41) is 5.28. The average Bonchev–Trinajstić information content (AvgIpc) is 2.16. The summed E-state index contributed by atoms with van der Waals surface area (Å²) in [5.74, 6) is 0.338. The van der Waals surface area contributed by atoms with E-state index < -0.39 is 0 Å². The van der Waals surface area contributed by atoms with Gasteiger partial charge < -0.3 is 10.6 Å². The Balaban J connectivity index is 0. The van der Waals surface area contributed by atoms with E-state index in [-0.39, 0.29) is 23.8 Å². The van der Waals surface area contributed by atoms with Gasteiger partial charge in [-0.25, -0.2) is 0 Å².